The molecule has 0 saturated carbocycles. The zero-order valence-electron chi connectivity index (χ0n) is 36.5. The van der Waals surface area contributed by atoms with E-state index in [2.05, 4.69) is 0 Å². The number of allylic oxidation sites excluding steroid dienone is 6. The average Bonchev–Trinajstić information content (AvgIpc) is 3.74. The SMILES string of the molecule is COCCC1(C)C(=CC=CC=CC2=[N+](CCCS(=O)(=O)O)c3ccc(S(=O)(=O)O)cc3C2(C)CCCS(=O)(=O)O)N(CCCCCC(=O)ON2C(=O)CCC2=O)c2ccc(S(=O)(=O)O)cc21. The summed E-state index contributed by atoms with van der Waals surface area (Å²) in [6, 6.07) is 8.15. The third kappa shape index (κ3) is 12.7. The Balaban J connectivity index is 1.50. The zero-order chi connectivity index (χ0) is 48.9. The summed E-state index contributed by atoms with van der Waals surface area (Å²) in [7, 11) is -16.5. The van der Waals surface area contributed by atoms with Crippen LogP contribution in [-0.2, 0) is 75.3 Å². The maximum absolute atomic E-state index is 12.4. The van der Waals surface area contributed by atoms with Gasteiger partial charge in [0.1, 0.15) is 6.54 Å². The highest BCUT2D eigenvalue weighted by Crippen LogP contribution is 2.51. The molecule has 0 spiro atoms. The highest BCUT2D eigenvalue weighted by Gasteiger charge is 2.48. The van der Waals surface area contributed by atoms with Crippen molar-refractivity contribution in [3.63, 3.8) is 0 Å². The topological polar surface area (TPSA) is 297 Å². The van der Waals surface area contributed by atoms with E-state index in [4.69, 9.17) is 9.57 Å². The molecule has 1 saturated heterocycles. The minimum atomic E-state index is -4.70. The third-order valence-electron chi connectivity index (χ3n) is 11.9. The number of carbonyl (C=O) groups is 3. The number of hydrogen-bond donors (Lipinski definition) is 4. The van der Waals surface area contributed by atoms with Crippen molar-refractivity contribution in [3.8, 4) is 0 Å². The van der Waals surface area contributed by atoms with E-state index in [1.165, 1.54) is 37.4 Å². The molecule has 0 bridgehead atoms. The molecule has 2 atom stereocenters. The Bertz CT molecular complexity index is 2800. The van der Waals surface area contributed by atoms with Crippen LogP contribution in [0.1, 0.15) is 89.2 Å². The van der Waals surface area contributed by atoms with Gasteiger partial charge >= 0.3 is 5.97 Å². The molecule has 2 unspecified atom stereocenters. The molecule has 362 valence electrons. The lowest BCUT2D eigenvalue weighted by molar-refractivity contribution is -0.437. The number of ether oxygens (including phenoxy) is 1. The Morgan fingerprint density at radius 1 is 0.742 bits per heavy atom. The highest BCUT2D eigenvalue weighted by atomic mass is 32.2. The molecule has 1 fully saturated rings. The number of carbonyl (C=O) groups excluding carboxylic acids is 3. The van der Waals surface area contributed by atoms with Crippen LogP contribution in [0.25, 0.3) is 0 Å². The van der Waals surface area contributed by atoms with Crippen LogP contribution < -0.4 is 4.90 Å². The molecule has 20 nitrogen and oxygen atoms in total. The van der Waals surface area contributed by atoms with Crippen LogP contribution >= 0.6 is 0 Å². The quantitative estimate of drug-likeness (QED) is 0.0393. The van der Waals surface area contributed by atoms with E-state index in [1.807, 2.05) is 17.9 Å². The summed E-state index contributed by atoms with van der Waals surface area (Å²) in [5.74, 6) is -3.11. The molecule has 3 aliphatic heterocycles. The first-order valence-corrected chi connectivity index (χ1v) is 27.0. The van der Waals surface area contributed by atoms with Crippen LogP contribution in [0.3, 0.4) is 0 Å². The van der Waals surface area contributed by atoms with Crippen LogP contribution in [0.2, 0.25) is 0 Å². The lowest BCUT2D eigenvalue weighted by Gasteiger charge is -2.30. The van der Waals surface area contributed by atoms with Crippen LogP contribution in [0.15, 0.2) is 82.3 Å². The van der Waals surface area contributed by atoms with Gasteiger partial charge in [-0.05, 0) is 87.9 Å². The minimum Gasteiger partial charge on any atom is -0.385 e. The van der Waals surface area contributed by atoms with E-state index >= 15 is 0 Å². The molecule has 5 rings (SSSR count). The summed E-state index contributed by atoms with van der Waals surface area (Å²) < 4.78 is 142. The highest BCUT2D eigenvalue weighted by molar-refractivity contribution is 7.86. The summed E-state index contributed by atoms with van der Waals surface area (Å²) in [5.41, 5.74) is 1.23. The van der Waals surface area contributed by atoms with Crippen LogP contribution in [-0.4, -0.2) is 123 Å². The number of benzene rings is 2. The van der Waals surface area contributed by atoms with Gasteiger partial charge in [0, 0.05) is 80.4 Å². The fourth-order valence-electron chi connectivity index (χ4n) is 8.59. The van der Waals surface area contributed by atoms with Crippen molar-refractivity contribution in [2.75, 3.05) is 43.2 Å². The molecular weight excluding hydrogens is 947 g/mol. The van der Waals surface area contributed by atoms with Crippen molar-refractivity contribution in [3.05, 3.63) is 83.6 Å². The van der Waals surface area contributed by atoms with Crippen molar-refractivity contribution < 1.29 is 80.4 Å². The number of rotatable bonds is 23. The van der Waals surface area contributed by atoms with Crippen molar-refractivity contribution in [2.24, 2.45) is 0 Å². The number of fused-ring (bicyclic) bond motifs is 2. The Morgan fingerprint density at radius 2 is 1.35 bits per heavy atom. The standard InChI is InChI=1S/C42H53N3O17S4/c1-41(21-10-26-63(49,50)51)32-28-30(65(55,56)57)15-17-34(32)44(24-11-27-64(52,53)54)36(41)12-6-4-7-13-37-42(2,22-25-61-3)33-29-31(66(58,59)60)16-18-35(33)43(37)23-9-5-8-14-40(48)62-45-38(46)19-20-39(45)47/h4,6-7,12-13,15-18,28-29H,5,8-11,14,19-27H2,1-3H3,(H3-,49,50,51,52,53,54,55,56,57,58,59,60)/p+1. The van der Waals surface area contributed by atoms with E-state index < -0.39 is 85.5 Å². The summed E-state index contributed by atoms with van der Waals surface area (Å²) in [6.07, 6.45) is 10.1. The molecule has 2 aromatic rings. The van der Waals surface area contributed by atoms with Gasteiger partial charge in [0.25, 0.3) is 52.3 Å². The van der Waals surface area contributed by atoms with Gasteiger partial charge in [-0.1, -0.05) is 24.6 Å². The first-order valence-electron chi connectivity index (χ1n) is 20.9. The zero-order valence-corrected chi connectivity index (χ0v) is 39.8. The Kier molecular flexibility index (Phi) is 16.4. The molecule has 0 radical (unpaired) electrons. The van der Waals surface area contributed by atoms with Gasteiger partial charge < -0.3 is 14.5 Å². The van der Waals surface area contributed by atoms with E-state index in [0.29, 0.717) is 65.5 Å². The molecular formula is C42H54N3O17S4+. The Hall–Kier alpha value is -4.66. The summed E-state index contributed by atoms with van der Waals surface area (Å²) in [4.78, 5) is 42.4. The van der Waals surface area contributed by atoms with Gasteiger partial charge in [0.15, 0.2) is 5.71 Å². The maximum Gasteiger partial charge on any atom is 0.333 e. The van der Waals surface area contributed by atoms with Gasteiger partial charge in [0.05, 0.1) is 26.7 Å². The van der Waals surface area contributed by atoms with E-state index in [-0.39, 0.29) is 56.6 Å². The normalized spacial score (nSPS) is 21.0. The monoisotopic (exact) mass is 1000 g/mol. The number of anilines is 1. The first-order chi connectivity index (χ1) is 30.7. The second-order valence-corrected chi connectivity index (χ2v) is 22.6. The average molecular weight is 1000 g/mol. The predicted molar refractivity (Wildman–Crippen MR) is 240 cm³/mol. The summed E-state index contributed by atoms with van der Waals surface area (Å²) >= 11 is 0. The first kappa shape index (κ1) is 52.3. The van der Waals surface area contributed by atoms with Gasteiger partial charge in [-0.2, -0.15) is 38.2 Å². The number of hydrogen-bond acceptors (Lipinski definition) is 14. The molecule has 0 aromatic heterocycles. The van der Waals surface area contributed by atoms with Crippen molar-refractivity contribution in [1.29, 1.82) is 0 Å². The van der Waals surface area contributed by atoms with Crippen molar-refractivity contribution in [1.82, 2.24) is 5.06 Å². The third-order valence-corrected chi connectivity index (χ3v) is 15.2. The van der Waals surface area contributed by atoms with Gasteiger partial charge in [-0.25, -0.2) is 4.79 Å². The minimum absolute atomic E-state index is 0.00887. The number of methoxy groups -OCH3 is 1. The van der Waals surface area contributed by atoms with E-state index in [1.54, 1.807) is 41.9 Å². The molecule has 4 N–H and O–H groups in total. The fourth-order valence-corrected chi connectivity index (χ4v) is 10.6. The maximum atomic E-state index is 12.4. The Morgan fingerprint density at radius 3 is 1.95 bits per heavy atom. The number of amides is 2. The Labute approximate surface area is 384 Å². The largest absolute Gasteiger partial charge is 0.385 e. The van der Waals surface area contributed by atoms with Crippen molar-refractivity contribution in [2.45, 2.75) is 98.7 Å². The predicted octanol–water partition coefficient (Wildman–Crippen LogP) is 4.46. The molecule has 3 heterocycles. The molecule has 2 aromatic carbocycles. The van der Waals surface area contributed by atoms with Gasteiger partial charge in [0.2, 0.25) is 5.69 Å². The fraction of sp³-hybridized carbons (Fsp3) is 0.476. The number of hydroxylamine groups is 2. The number of imide groups is 1. The van der Waals surface area contributed by atoms with Gasteiger partial charge in [-0.15, -0.1) is 5.06 Å². The van der Waals surface area contributed by atoms with Crippen molar-refractivity contribution >= 4 is 75.3 Å². The molecule has 24 heteroatoms. The lowest BCUT2D eigenvalue weighted by atomic mass is 9.76. The van der Waals surface area contributed by atoms with Crippen LogP contribution in [0.4, 0.5) is 11.4 Å². The van der Waals surface area contributed by atoms with E-state index in [0.717, 1.165) is 5.70 Å². The van der Waals surface area contributed by atoms with E-state index in [9.17, 15) is 66.3 Å². The van der Waals surface area contributed by atoms with Gasteiger partial charge in [-0.3, -0.25) is 27.8 Å². The molecule has 3 aliphatic rings. The smallest absolute Gasteiger partial charge is 0.333 e. The van der Waals surface area contributed by atoms with Crippen LogP contribution in [0, 0.1) is 0 Å². The number of nitrogens with zero attached hydrogens (tertiary/aromatic N) is 3. The molecule has 66 heavy (non-hydrogen) atoms. The second-order valence-electron chi connectivity index (χ2n) is 16.6. The molecule has 0 aliphatic carbocycles. The number of unbranched alkanes of at least 4 members (excludes halogenated alkanes) is 2. The summed E-state index contributed by atoms with van der Waals surface area (Å²) in [5, 5.41) is 0.495. The van der Waals surface area contributed by atoms with Crippen LogP contribution in [0.5, 0.6) is 0 Å². The lowest BCUT2D eigenvalue weighted by Crippen LogP contribution is -2.32. The second kappa shape index (κ2) is 20.7. The molecule has 2 amide bonds. The summed E-state index contributed by atoms with van der Waals surface area (Å²) in [6.45, 7) is 4.27.